The standard InChI is InChI=1S/C8H18O5.CCl2O/c9-1-3-11-5-7-13-8-6-12-4-2-10;2-1(3)4/h9-10H,1-8H2;. The molecule has 0 aliphatic carbocycles. The minimum atomic E-state index is -0.889. The van der Waals surface area contributed by atoms with E-state index in [1.165, 1.54) is 0 Å². The Kier molecular flexibility index (Phi) is 21.0. The van der Waals surface area contributed by atoms with Gasteiger partial charge in [0.15, 0.2) is 0 Å². The maximum Gasteiger partial charge on any atom is 0.313 e. The fourth-order valence-electron chi connectivity index (χ4n) is 0.671. The molecule has 0 bridgehead atoms. The first kappa shape index (κ1) is 19.4. The molecule has 104 valence electrons. The molecule has 0 radical (unpaired) electrons. The lowest BCUT2D eigenvalue weighted by atomic mass is 10.7. The van der Waals surface area contributed by atoms with Crippen molar-refractivity contribution in [3.05, 3.63) is 0 Å². The van der Waals surface area contributed by atoms with Gasteiger partial charge in [-0.2, -0.15) is 0 Å². The summed E-state index contributed by atoms with van der Waals surface area (Å²) >= 11 is 8.80. The van der Waals surface area contributed by atoms with Crippen molar-refractivity contribution in [3.8, 4) is 0 Å². The van der Waals surface area contributed by atoms with Crippen LogP contribution >= 0.6 is 23.2 Å². The average molecular weight is 293 g/mol. The molecular formula is C9H18Cl2O6. The molecule has 2 N–H and O–H groups in total. The molecule has 0 saturated heterocycles. The Bertz CT molecular complexity index is 144. The Balaban J connectivity index is 0. The first-order chi connectivity index (χ1) is 8.15. The van der Waals surface area contributed by atoms with E-state index in [0.717, 1.165) is 0 Å². The van der Waals surface area contributed by atoms with Crippen molar-refractivity contribution >= 4 is 27.9 Å². The van der Waals surface area contributed by atoms with Crippen LogP contribution in [0.1, 0.15) is 0 Å². The highest BCUT2D eigenvalue weighted by atomic mass is 35.5. The van der Waals surface area contributed by atoms with Gasteiger partial charge in [-0.1, -0.05) is 0 Å². The van der Waals surface area contributed by atoms with Gasteiger partial charge in [0.05, 0.1) is 52.9 Å². The molecule has 0 atom stereocenters. The highest BCUT2D eigenvalue weighted by Crippen LogP contribution is 1.84. The Morgan fingerprint density at radius 2 is 1.00 bits per heavy atom. The minimum Gasteiger partial charge on any atom is -0.394 e. The van der Waals surface area contributed by atoms with E-state index in [1.54, 1.807) is 0 Å². The van der Waals surface area contributed by atoms with Crippen LogP contribution in [0.25, 0.3) is 0 Å². The number of carbonyl (C=O) groups is 1. The van der Waals surface area contributed by atoms with E-state index in [2.05, 4.69) is 23.2 Å². The zero-order valence-corrected chi connectivity index (χ0v) is 11.0. The summed E-state index contributed by atoms with van der Waals surface area (Å²) in [5, 5.41) is 16.7. The van der Waals surface area contributed by atoms with Gasteiger partial charge in [-0.05, 0) is 23.2 Å². The fourth-order valence-corrected chi connectivity index (χ4v) is 0.671. The van der Waals surface area contributed by atoms with Gasteiger partial charge < -0.3 is 24.4 Å². The molecule has 0 aromatic rings. The van der Waals surface area contributed by atoms with Crippen LogP contribution in [-0.2, 0) is 14.2 Å². The highest BCUT2D eigenvalue weighted by Gasteiger charge is 1.89. The van der Waals surface area contributed by atoms with E-state index in [1.807, 2.05) is 0 Å². The van der Waals surface area contributed by atoms with Gasteiger partial charge in [-0.15, -0.1) is 0 Å². The number of halogens is 2. The van der Waals surface area contributed by atoms with Crippen LogP contribution in [0.4, 0.5) is 4.79 Å². The number of aliphatic hydroxyl groups is 2. The second-order valence-electron chi connectivity index (χ2n) is 2.51. The molecule has 0 saturated carbocycles. The number of hydrogen-bond acceptors (Lipinski definition) is 6. The molecule has 0 aromatic heterocycles. The second-order valence-corrected chi connectivity index (χ2v) is 3.39. The monoisotopic (exact) mass is 292 g/mol. The SMILES string of the molecule is O=C(Cl)Cl.OCCOCCOCCOCCO. The molecule has 0 fully saturated rings. The molecule has 0 aliphatic heterocycles. The van der Waals surface area contributed by atoms with E-state index in [0.29, 0.717) is 39.6 Å². The van der Waals surface area contributed by atoms with Crippen molar-refractivity contribution in [1.82, 2.24) is 0 Å². The number of carbonyl (C=O) groups excluding carboxylic acids is 1. The predicted molar refractivity (Wildman–Crippen MR) is 63.7 cm³/mol. The lowest BCUT2D eigenvalue weighted by Gasteiger charge is -2.04. The van der Waals surface area contributed by atoms with E-state index in [-0.39, 0.29) is 13.2 Å². The van der Waals surface area contributed by atoms with Crippen LogP contribution in [0.2, 0.25) is 0 Å². The lowest BCUT2D eigenvalue weighted by Crippen LogP contribution is -2.11. The molecule has 0 heterocycles. The smallest absolute Gasteiger partial charge is 0.313 e. The fraction of sp³-hybridized carbons (Fsp3) is 0.889. The maximum absolute atomic E-state index is 8.98. The van der Waals surface area contributed by atoms with Crippen LogP contribution in [0.5, 0.6) is 0 Å². The predicted octanol–water partition coefficient (Wildman–Crippen LogP) is 0.605. The molecule has 0 aromatic carbocycles. The largest absolute Gasteiger partial charge is 0.394 e. The van der Waals surface area contributed by atoms with Crippen LogP contribution in [0.15, 0.2) is 0 Å². The van der Waals surface area contributed by atoms with Crippen molar-refractivity contribution in [2.75, 3.05) is 52.9 Å². The van der Waals surface area contributed by atoms with Gasteiger partial charge in [0.2, 0.25) is 0 Å². The summed E-state index contributed by atoms with van der Waals surface area (Å²) in [6, 6.07) is 0. The van der Waals surface area contributed by atoms with Crippen molar-refractivity contribution in [2.45, 2.75) is 0 Å². The van der Waals surface area contributed by atoms with E-state index < -0.39 is 4.70 Å². The van der Waals surface area contributed by atoms with Crippen LogP contribution in [-0.4, -0.2) is 67.8 Å². The lowest BCUT2D eigenvalue weighted by molar-refractivity contribution is 0.00230. The summed E-state index contributed by atoms with van der Waals surface area (Å²) < 4.78 is 14.1. The van der Waals surface area contributed by atoms with Gasteiger partial charge in [0, 0.05) is 0 Å². The molecular weight excluding hydrogens is 275 g/mol. The molecule has 17 heavy (non-hydrogen) atoms. The zero-order chi connectivity index (χ0) is 13.4. The third-order valence-electron chi connectivity index (χ3n) is 1.22. The second kappa shape index (κ2) is 18.4. The molecule has 0 rings (SSSR count). The van der Waals surface area contributed by atoms with Gasteiger partial charge in [-0.25, -0.2) is 0 Å². The van der Waals surface area contributed by atoms with Crippen molar-refractivity contribution < 1.29 is 29.2 Å². The summed E-state index contributed by atoms with van der Waals surface area (Å²) in [4.78, 5) is 8.98. The first-order valence-corrected chi connectivity index (χ1v) is 5.70. The Labute approximate surface area is 110 Å². The van der Waals surface area contributed by atoms with Gasteiger partial charge >= 0.3 is 4.70 Å². The number of rotatable bonds is 10. The number of hydrogen-bond donors (Lipinski definition) is 2. The zero-order valence-electron chi connectivity index (χ0n) is 9.44. The van der Waals surface area contributed by atoms with E-state index in [9.17, 15) is 0 Å². The topological polar surface area (TPSA) is 85.2 Å². The molecule has 0 aliphatic rings. The minimum absolute atomic E-state index is 0.0413. The molecule has 8 heteroatoms. The van der Waals surface area contributed by atoms with E-state index in [4.69, 9.17) is 29.2 Å². The molecule has 0 unspecified atom stereocenters. The first-order valence-electron chi connectivity index (χ1n) is 4.95. The highest BCUT2D eigenvalue weighted by molar-refractivity contribution is 6.93. The summed E-state index contributed by atoms with van der Waals surface area (Å²) in [5.74, 6) is 0. The normalized spacial score (nSPS) is 9.65. The van der Waals surface area contributed by atoms with Crippen molar-refractivity contribution in [2.24, 2.45) is 0 Å². The number of ether oxygens (including phenoxy) is 3. The summed E-state index contributed by atoms with van der Waals surface area (Å²) in [6.07, 6.45) is 0. The van der Waals surface area contributed by atoms with Crippen molar-refractivity contribution in [3.63, 3.8) is 0 Å². The molecule has 0 spiro atoms. The quantitative estimate of drug-likeness (QED) is 0.453. The molecule has 0 amide bonds. The van der Waals surface area contributed by atoms with Gasteiger partial charge in [-0.3, -0.25) is 4.79 Å². The van der Waals surface area contributed by atoms with E-state index >= 15 is 0 Å². The van der Waals surface area contributed by atoms with Crippen LogP contribution in [0, 0.1) is 0 Å². The summed E-state index contributed by atoms with van der Waals surface area (Å²) in [5.41, 5.74) is 0. The average Bonchev–Trinajstić information content (AvgIpc) is 2.26. The summed E-state index contributed by atoms with van der Waals surface area (Å²) in [7, 11) is 0. The van der Waals surface area contributed by atoms with Gasteiger partial charge in [0.1, 0.15) is 0 Å². The Morgan fingerprint density at radius 1 is 0.765 bits per heavy atom. The Morgan fingerprint density at radius 3 is 1.24 bits per heavy atom. The third-order valence-corrected chi connectivity index (χ3v) is 1.22. The molecule has 6 nitrogen and oxygen atoms in total. The summed E-state index contributed by atoms with van der Waals surface area (Å²) in [6.45, 7) is 2.76. The Hall–Kier alpha value is 0.0500. The van der Waals surface area contributed by atoms with Crippen molar-refractivity contribution in [1.29, 1.82) is 0 Å². The number of aliphatic hydroxyl groups excluding tert-OH is 2. The van der Waals surface area contributed by atoms with Crippen LogP contribution in [0.3, 0.4) is 0 Å². The maximum atomic E-state index is 8.98. The third kappa shape index (κ3) is 31.4. The van der Waals surface area contributed by atoms with Crippen LogP contribution < -0.4 is 0 Å². The van der Waals surface area contributed by atoms with Gasteiger partial charge in [0.25, 0.3) is 0 Å².